The van der Waals surface area contributed by atoms with Crippen LogP contribution >= 0.6 is 11.3 Å². The molecule has 0 aliphatic rings. The molecule has 0 saturated heterocycles. The molecule has 0 bridgehead atoms. The van der Waals surface area contributed by atoms with E-state index in [9.17, 15) is 18.0 Å². The molecule has 0 radical (unpaired) electrons. The van der Waals surface area contributed by atoms with Crippen LogP contribution in [0.5, 0.6) is 0 Å². The van der Waals surface area contributed by atoms with Crippen LogP contribution in [0.25, 0.3) is 27.3 Å². The van der Waals surface area contributed by atoms with Crippen molar-refractivity contribution in [3.8, 4) is 10.6 Å². The number of pyridine rings is 1. The zero-order chi connectivity index (χ0) is 17.1. The third-order valence-electron chi connectivity index (χ3n) is 3.59. The van der Waals surface area contributed by atoms with Gasteiger partial charge in [-0.25, -0.2) is 9.97 Å². The molecule has 1 N–H and O–H groups in total. The number of hydrogen-bond donors (Lipinski definition) is 1. The van der Waals surface area contributed by atoms with Crippen LogP contribution in [0.1, 0.15) is 11.3 Å². The fourth-order valence-corrected chi connectivity index (χ4v) is 3.29. The highest BCUT2D eigenvalue weighted by Crippen LogP contribution is 2.38. The molecule has 122 valence electrons. The lowest BCUT2D eigenvalue weighted by Gasteiger charge is -2.09. The van der Waals surface area contributed by atoms with Gasteiger partial charge in [0.15, 0.2) is 11.3 Å². The minimum absolute atomic E-state index is 0.0246. The second kappa shape index (κ2) is 4.91. The Morgan fingerprint density at radius 1 is 1.25 bits per heavy atom. The summed E-state index contributed by atoms with van der Waals surface area (Å²) >= 11 is 1.29. The van der Waals surface area contributed by atoms with Gasteiger partial charge in [-0.05, 0) is 24.4 Å². The number of nitrogens with one attached hydrogen (secondary N) is 1. The van der Waals surface area contributed by atoms with Crippen LogP contribution in [-0.4, -0.2) is 19.6 Å². The number of halogens is 3. The van der Waals surface area contributed by atoms with E-state index in [2.05, 4.69) is 15.1 Å². The Morgan fingerprint density at radius 3 is 2.71 bits per heavy atom. The number of thiophene rings is 1. The third kappa shape index (κ3) is 2.20. The molecule has 0 aromatic carbocycles. The van der Waals surface area contributed by atoms with E-state index in [1.54, 1.807) is 24.4 Å². The summed E-state index contributed by atoms with van der Waals surface area (Å²) in [6.45, 7) is 1.56. The first kappa shape index (κ1) is 14.9. The summed E-state index contributed by atoms with van der Waals surface area (Å²) in [5, 5.41) is 4.18. The lowest BCUT2D eigenvalue weighted by atomic mass is 10.1. The van der Waals surface area contributed by atoms with Gasteiger partial charge < -0.3 is 0 Å². The number of fused-ring (bicyclic) bond motifs is 3. The van der Waals surface area contributed by atoms with Crippen LogP contribution < -0.4 is 5.56 Å². The average molecular weight is 350 g/mol. The summed E-state index contributed by atoms with van der Waals surface area (Å²) in [4.78, 5) is 21.0. The minimum atomic E-state index is -4.60. The van der Waals surface area contributed by atoms with Crippen LogP contribution in [0.3, 0.4) is 0 Å². The lowest BCUT2D eigenvalue weighted by molar-refractivity contribution is -0.136. The molecule has 4 aromatic rings. The number of aromatic nitrogens is 4. The van der Waals surface area contributed by atoms with E-state index in [-0.39, 0.29) is 22.4 Å². The second-order valence-corrected chi connectivity index (χ2v) is 6.21. The fraction of sp³-hybridized carbons (Fsp3) is 0.133. The van der Waals surface area contributed by atoms with Gasteiger partial charge in [0.2, 0.25) is 0 Å². The standard InChI is InChI=1S/C15H9F3N4OS/c1-7-5-11(23)22-14(19-7)12-8(15(16,17)18)6-9(20-13(12)21-22)10-3-2-4-24-10/h2-6H,1H3,(H,20,21). The SMILES string of the molecule is Cc1cc(=O)n2[nH]c3nc(-c4cccs4)cc(C(F)(F)F)c3c2n1. The van der Waals surface area contributed by atoms with Gasteiger partial charge in [-0.1, -0.05) is 6.07 Å². The largest absolute Gasteiger partial charge is 0.417 e. The molecule has 24 heavy (non-hydrogen) atoms. The van der Waals surface area contributed by atoms with Gasteiger partial charge in [0.05, 0.1) is 21.5 Å². The predicted octanol–water partition coefficient (Wildman–Crippen LogP) is 3.63. The van der Waals surface area contributed by atoms with Crippen molar-refractivity contribution in [1.29, 1.82) is 0 Å². The van der Waals surface area contributed by atoms with E-state index in [1.807, 2.05) is 0 Å². The molecule has 9 heteroatoms. The molecule has 4 aromatic heterocycles. The van der Waals surface area contributed by atoms with Gasteiger partial charge >= 0.3 is 6.18 Å². The van der Waals surface area contributed by atoms with E-state index in [1.165, 1.54) is 17.4 Å². The Hall–Kier alpha value is -2.68. The van der Waals surface area contributed by atoms with E-state index >= 15 is 0 Å². The molecule has 0 atom stereocenters. The van der Waals surface area contributed by atoms with Crippen LogP contribution in [0.2, 0.25) is 0 Å². The zero-order valence-corrected chi connectivity index (χ0v) is 13.0. The molecule has 5 nitrogen and oxygen atoms in total. The van der Waals surface area contributed by atoms with Crippen molar-refractivity contribution >= 4 is 28.0 Å². The normalized spacial score (nSPS) is 12.3. The summed E-state index contributed by atoms with van der Waals surface area (Å²) in [5.41, 5.74) is -0.915. The van der Waals surface area contributed by atoms with Crippen molar-refractivity contribution < 1.29 is 13.2 Å². The third-order valence-corrected chi connectivity index (χ3v) is 4.48. The number of alkyl halides is 3. The van der Waals surface area contributed by atoms with E-state index < -0.39 is 17.3 Å². The maximum Gasteiger partial charge on any atom is 0.417 e. The number of hydrogen-bond acceptors (Lipinski definition) is 4. The van der Waals surface area contributed by atoms with Crippen molar-refractivity contribution in [2.24, 2.45) is 0 Å². The van der Waals surface area contributed by atoms with E-state index in [0.29, 0.717) is 10.6 Å². The second-order valence-electron chi connectivity index (χ2n) is 5.26. The summed E-state index contributed by atoms with van der Waals surface area (Å²) < 4.78 is 41.8. The predicted molar refractivity (Wildman–Crippen MR) is 84.2 cm³/mol. The number of rotatable bonds is 1. The maximum absolute atomic E-state index is 13.6. The highest BCUT2D eigenvalue weighted by molar-refractivity contribution is 7.13. The van der Waals surface area contributed by atoms with Gasteiger partial charge in [-0.15, -0.1) is 11.3 Å². The molecule has 4 heterocycles. The Kier molecular flexibility index (Phi) is 3.04. The van der Waals surface area contributed by atoms with Crippen molar-refractivity contribution in [2.75, 3.05) is 0 Å². The molecule has 0 saturated carbocycles. The van der Waals surface area contributed by atoms with E-state index in [0.717, 1.165) is 10.6 Å². The molecular weight excluding hydrogens is 341 g/mol. The van der Waals surface area contributed by atoms with Crippen LogP contribution in [-0.2, 0) is 6.18 Å². The monoisotopic (exact) mass is 350 g/mol. The number of nitrogens with zero attached hydrogens (tertiary/aromatic N) is 3. The molecule has 0 amide bonds. The topological polar surface area (TPSA) is 63.0 Å². The Bertz CT molecular complexity index is 1130. The van der Waals surface area contributed by atoms with Gasteiger partial charge in [0.1, 0.15) is 0 Å². The molecule has 0 unspecified atom stereocenters. The zero-order valence-electron chi connectivity index (χ0n) is 12.2. The Labute approximate surface area is 136 Å². The first-order valence-corrected chi connectivity index (χ1v) is 7.77. The summed E-state index contributed by atoms with van der Waals surface area (Å²) in [6, 6.07) is 5.67. The summed E-state index contributed by atoms with van der Waals surface area (Å²) in [6.07, 6.45) is -4.60. The quantitative estimate of drug-likeness (QED) is 0.570. The van der Waals surface area contributed by atoms with Crippen LogP contribution in [0.4, 0.5) is 13.2 Å². The maximum atomic E-state index is 13.6. The van der Waals surface area contributed by atoms with Crippen molar-refractivity contribution in [2.45, 2.75) is 13.1 Å². The highest BCUT2D eigenvalue weighted by Gasteiger charge is 2.35. The van der Waals surface area contributed by atoms with E-state index in [4.69, 9.17) is 0 Å². The summed E-state index contributed by atoms with van der Waals surface area (Å²) in [5.74, 6) is 0. The number of H-pyrrole nitrogens is 1. The number of aryl methyl sites for hydroxylation is 1. The fourth-order valence-electron chi connectivity index (χ4n) is 2.61. The molecule has 4 rings (SSSR count). The smallest absolute Gasteiger partial charge is 0.272 e. The van der Waals surface area contributed by atoms with Gasteiger partial charge in [-0.2, -0.15) is 17.7 Å². The highest BCUT2D eigenvalue weighted by atomic mass is 32.1. The van der Waals surface area contributed by atoms with Gasteiger partial charge in [0, 0.05) is 11.8 Å². The molecule has 0 fully saturated rings. The van der Waals surface area contributed by atoms with Crippen LogP contribution in [0, 0.1) is 6.92 Å². The molecule has 0 aliphatic carbocycles. The molecule has 0 spiro atoms. The van der Waals surface area contributed by atoms with Gasteiger partial charge in [0.25, 0.3) is 5.56 Å². The number of aromatic amines is 1. The molecule has 0 aliphatic heterocycles. The van der Waals surface area contributed by atoms with Crippen molar-refractivity contribution in [3.63, 3.8) is 0 Å². The first-order chi connectivity index (χ1) is 11.3. The van der Waals surface area contributed by atoms with Gasteiger partial charge in [-0.3, -0.25) is 9.89 Å². The van der Waals surface area contributed by atoms with Crippen molar-refractivity contribution in [3.05, 3.63) is 51.3 Å². The van der Waals surface area contributed by atoms with Crippen LogP contribution in [0.15, 0.2) is 34.4 Å². The summed E-state index contributed by atoms with van der Waals surface area (Å²) in [7, 11) is 0. The van der Waals surface area contributed by atoms with Crippen molar-refractivity contribution in [1.82, 2.24) is 19.6 Å². The minimum Gasteiger partial charge on any atom is -0.272 e. The first-order valence-electron chi connectivity index (χ1n) is 6.89. The Balaban J connectivity index is 2.19. The Morgan fingerprint density at radius 2 is 2.04 bits per heavy atom. The average Bonchev–Trinajstić information content (AvgIpc) is 3.12. The molecular formula is C15H9F3N4OS. The lowest BCUT2D eigenvalue weighted by Crippen LogP contribution is -2.14.